The van der Waals surface area contributed by atoms with E-state index in [1.165, 1.54) is 23.1 Å². The number of nitrogens with two attached hydrogens (primary N) is 1. The molecule has 88 valence electrons. The number of benzene rings is 1. The summed E-state index contributed by atoms with van der Waals surface area (Å²) in [5, 5.41) is 0. The van der Waals surface area contributed by atoms with E-state index >= 15 is 0 Å². The molecule has 1 aliphatic rings. The number of rotatable bonds is 0. The molecule has 0 aromatic heterocycles. The lowest BCUT2D eigenvalue weighted by atomic mass is 9.77. The lowest BCUT2D eigenvalue weighted by Gasteiger charge is -2.30. The van der Waals surface area contributed by atoms with Crippen molar-refractivity contribution in [2.75, 3.05) is 0 Å². The van der Waals surface area contributed by atoms with Crippen LogP contribution in [0.25, 0.3) is 0 Å². The molecule has 16 heavy (non-hydrogen) atoms. The summed E-state index contributed by atoms with van der Waals surface area (Å²) < 4.78 is 0. The van der Waals surface area contributed by atoms with Crippen LogP contribution in [0.3, 0.4) is 0 Å². The van der Waals surface area contributed by atoms with E-state index in [9.17, 15) is 0 Å². The highest BCUT2D eigenvalue weighted by Crippen LogP contribution is 2.38. The zero-order valence-electron chi connectivity index (χ0n) is 10.9. The third-order valence-electron chi connectivity index (χ3n) is 3.79. The second kappa shape index (κ2) is 3.89. The topological polar surface area (TPSA) is 26.0 Å². The van der Waals surface area contributed by atoms with Crippen molar-refractivity contribution in [2.45, 2.75) is 57.9 Å². The van der Waals surface area contributed by atoms with Gasteiger partial charge in [-0.25, -0.2) is 0 Å². The molecule has 0 radical (unpaired) electrons. The van der Waals surface area contributed by atoms with E-state index in [1.807, 2.05) is 0 Å². The average Bonchev–Trinajstić information content (AvgIpc) is 2.22. The van der Waals surface area contributed by atoms with Crippen molar-refractivity contribution in [1.29, 1.82) is 0 Å². The molecule has 1 heteroatoms. The van der Waals surface area contributed by atoms with Gasteiger partial charge in [0.05, 0.1) is 0 Å². The fourth-order valence-electron chi connectivity index (χ4n) is 2.55. The van der Waals surface area contributed by atoms with Crippen LogP contribution in [0.1, 0.15) is 69.2 Å². The van der Waals surface area contributed by atoms with Gasteiger partial charge in [0.1, 0.15) is 0 Å². The summed E-state index contributed by atoms with van der Waals surface area (Å²) in [7, 11) is 0. The Morgan fingerprint density at radius 1 is 1.12 bits per heavy atom. The Balaban J connectivity index is 2.48. The van der Waals surface area contributed by atoms with Gasteiger partial charge in [0.2, 0.25) is 0 Å². The van der Waals surface area contributed by atoms with Crippen molar-refractivity contribution in [3.8, 4) is 0 Å². The predicted molar refractivity (Wildman–Crippen MR) is 69.7 cm³/mol. The van der Waals surface area contributed by atoms with Gasteiger partial charge >= 0.3 is 0 Å². The van der Waals surface area contributed by atoms with Gasteiger partial charge in [0.25, 0.3) is 0 Å². The third kappa shape index (κ3) is 2.01. The van der Waals surface area contributed by atoms with Gasteiger partial charge < -0.3 is 5.73 Å². The Morgan fingerprint density at radius 3 is 2.44 bits per heavy atom. The van der Waals surface area contributed by atoms with Gasteiger partial charge in [0, 0.05) is 6.04 Å². The lowest BCUT2D eigenvalue weighted by Crippen LogP contribution is -2.21. The molecule has 1 aromatic carbocycles. The Bertz CT molecular complexity index is 387. The largest absolute Gasteiger partial charge is 0.324 e. The average molecular weight is 217 g/mol. The first-order valence-corrected chi connectivity index (χ1v) is 6.29. The van der Waals surface area contributed by atoms with E-state index in [0.29, 0.717) is 5.92 Å². The smallest absolute Gasteiger partial charge is 0.0298 e. The Labute approximate surface area is 99.0 Å². The molecule has 0 bridgehead atoms. The monoisotopic (exact) mass is 217 g/mol. The maximum absolute atomic E-state index is 6.22. The first-order valence-electron chi connectivity index (χ1n) is 6.29. The molecule has 0 aliphatic heterocycles. The van der Waals surface area contributed by atoms with Gasteiger partial charge in [-0.15, -0.1) is 0 Å². The van der Waals surface area contributed by atoms with Crippen LogP contribution in [0.5, 0.6) is 0 Å². The second-order valence-corrected chi connectivity index (χ2v) is 6.18. The molecule has 2 atom stereocenters. The normalized spacial score (nSPS) is 25.3. The van der Waals surface area contributed by atoms with E-state index < -0.39 is 0 Å². The Hall–Kier alpha value is -0.820. The van der Waals surface area contributed by atoms with Gasteiger partial charge in [-0.2, -0.15) is 0 Å². The SMILES string of the molecule is CC1CCC(N)c2cc(C(C)(C)C)ccc21. The number of hydrogen-bond acceptors (Lipinski definition) is 1. The summed E-state index contributed by atoms with van der Waals surface area (Å²) in [4.78, 5) is 0. The summed E-state index contributed by atoms with van der Waals surface area (Å²) >= 11 is 0. The fourth-order valence-corrected chi connectivity index (χ4v) is 2.55. The quantitative estimate of drug-likeness (QED) is 0.701. The second-order valence-electron chi connectivity index (χ2n) is 6.18. The number of fused-ring (bicyclic) bond motifs is 1. The molecule has 1 aliphatic carbocycles. The van der Waals surface area contributed by atoms with Crippen molar-refractivity contribution in [3.63, 3.8) is 0 Å². The van der Waals surface area contributed by atoms with Crippen LogP contribution >= 0.6 is 0 Å². The van der Waals surface area contributed by atoms with Crippen molar-refractivity contribution >= 4 is 0 Å². The minimum absolute atomic E-state index is 0.218. The zero-order chi connectivity index (χ0) is 11.9. The molecule has 2 rings (SSSR count). The molecular weight excluding hydrogens is 194 g/mol. The lowest BCUT2D eigenvalue weighted by molar-refractivity contribution is 0.509. The van der Waals surface area contributed by atoms with Crippen LogP contribution in [0.4, 0.5) is 0 Å². The molecular formula is C15H23N. The standard InChI is InChI=1S/C15H23N/c1-10-5-8-14(16)13-9-11(15(2,3)4)6-7-12(10)13/h6-7,9-10,14H,5,8,16H2,1-4H3. The zero-order valence-corrected chi connectivity index (χ0v) is 10.9. The maximum atomic E-state index is 6.22. The molecule has 0 saturated heterocycles. The molecule has 0 amide bonds. The van der Waals surface area contributed by atoms with Crippen LogP contribution < -0.4 is 5.73 Å². The summed E-state index contributed by atoms with van der Waals surface area (Å²) in [5.74, 6) is 0.670. The molecule has 0 heterocycles. The van der Waals surface area contributed by atoms with E-state index in [-0.39, 0.29) is 11.5 Å². The van der Waals surface area contributed by atoms with Crippen molar-refractivity contribution in [1.82, 2.24) is 0 Å². The van der Waals surface area contributed by atoms with E-state index in [1.54, 1.807) is 0 Å². The maximum Gasteiger partial charge on any atom is 0.0298 e. The molecule has 0 spiro atoms. The van der Waals surface area contributed by atoms with Crippen LogP contribution in [-0.4, -0.2) is 0 Å². The summed E-state index contributed by atoms with van der Waals surface area (Å²) in [6.45, 7) is 9.08. The minimum Gasteiger partial charge on any atom is -0.324 e. The fraction of sp³-hybridized carbons (Fsp3) is 0.600. The molecule has 2 N–H and O–H groups in total. The predicted octanol–water partition coefficient (Wildman–Crippen LogP) is 3.88. The van der Waals surface area contributed by atoms with Crippen LogP contribution in [-0.2, 0) is 5.41 Å². The van der Waals surface area contributed by atoms with Crippen LogP contribution in [0.2, 0.25) is 0 Å². The van der Waals surface area contributed by atoms with Crippen molar-refractivity contribution in [2.24, 2.45) is 5.73 Å². The van der Waals surface area contributed by atoms with Gasteiger partial charge in [-0.3, -0.25) is 0 Å². The first-order chi connectivity index (χ1) is 7.39. The van der Waals surface area contributed by atoms with Crippen molar-refractivity contribution < 1.29 is 0 Å². The van der Waals surface area contributed by atoms with E-state index in [4.69, 9.17) is 5.73 Å². The summed E-state index contributed by atoms with van der Waals surface area (Å²) in [6.07, 6.45) is 2.35. The summed E-state index contributed by atoms with van der Waals surface area (Å²) in [6, 6.07) is 7.14. The van der Waals surface area contributed by atoms with Gasteiger partial charge in [0.15, 0.2) is 0 Å². The van der Waals surface area contributed by atoms with Crippen molar-refractivity contribution in [3.05, 3.63) is 34.9 Å². The van der Waals surface area contributed by atoms with E-state index in [0.717, 1.165) is 6.42 Å². The molecule has 1 nitrogen and oxygen atoms in total. The highest BCUT2D eigenvalue weighted by molar-refractivity contribution is 5.40. The van der Waals surface area contributed by atoms with E-state index in [2.05, 4.69) is 45.9 Å². The molecule has 0 saturated carbocycles. The Morgan fingerprint density at radius 2 is 1.81 bits per heavy atom. The first kappa shape index (κ1) is 11.7. The molecule has 2 unspecified atom stereocenters. The van der Waals surface area contributed by atoms with Gasteiger partial charge in [-0.05, 0) is 40.9 Å². The highest BCUT2D eigenvalue weighted by atomic mass is 14.6. The van der Waals surface area contributed by atoms with Gasteiger partial charge in [-0.1, -0.05) is 45.9 Å². The number of hydrogen-bond donors (Lipinski definition) is 1. The third-order valence-corrected chi connectivity index (χ3v) is 3.79. The minimum atomic E-state index is 0.218. The molecule has 0 fully saturated rings. The highest BCUT2D eigenvalue weighted by Gasteiger charge is 2.24. The van der Waals surface area contributed by atoms with Crippen LogP contribution in [0.15, 0.2) is 18.2 Å². The molecule has 1 aromatic rings. The summed E-state index contributed by atoms with van der Waals surface area (Å²) in [5.41, 5.74) is 10.7. The Kier molecular flexibility index (Phi) is 2.83. The van der Waals surface area contributed by atoms with Crippen LogP contribution in [0, 0.1) is 0 Å².